The summed E-state index contributed by atoms with van der Waals surface area (Å²) in [5.74, 6) is -1.05. The first-order valence-electron chi connectivity index (χ1n) is 7.63. The zero-order valence-corrected chi connectivity index (χ0v) is 16.1. The largest absolute Gasteiger partial charge is 0.364 e. The maximum Gasteiger partial charge on any atom is 0.270 e. The van der Waals surface area contributed by atoms with E-state index < -0.39 is 5.91 Å². The van der Waals surface area contributed by atoms with E-state index in [1.807, 2.05) is 37.3 Å². The fourth-order valence-electron chi connectivity index (χ4n) is 2.19. The molecule has 0 atom stereocenters. The fraction of sp³-hybridized carbons (Fsp3) is 0.0556. The van der Waals surface area contributed by atoms with Gasteiger partial charge in [-0.15, -0.1) is 0 Å². The van der Waals surface area contributed by atoms with E-state index in [2.05, 4.69) is 31.5 Å². The third-order valence-electron chi connectivity index (χ3n) is 3.48. The molecule has 0 spiro atoms. The van der Waals surface area contributed by atoms with Crippen LogP contribution in [0.1, 0.15) is 26.4 Å². The minimum absolute atomic E-state index is 0.0213. The summed E-state index contributed by atoms with van der Waals surface area (Å²) in [5.41, 5.74) is 7.83. The number of nitrogens with two attached hydrogens (primary N) is 1. The molecule has 0 aliphatic heterocycles. The molecule has 3 rings (SSSR count). The highest BCUT2D eigenvalue weighted by Crippen LogP contribution is 2.31. The maximum absolute atomic E-state index is 12.4. The highest BCUT2D eigenvalue weighted by molar-refractivity contribution is 9.10. The Balaban J connectivity index is 1.84. The molecule has 1 heterocycles. The first-order chi connectivity index (χ1) is 12.4. The van der Waals surface area contributed by atoms with Crippen molar-refractivity contribution in [2.75, 3.05) is 10.6 Å². The van der Waals surface area contributed by atoms with Gasteiger partial charge in [0.2, 0.25) is 0 Å². The van der Waals surface area contributed by atoms with Crippen molar-refractivity contribution in [1.82, 2.24) is 4.98 Å². The van der Waals surface area contributed by atoms with Crippen LogP contribution in [-0.4, -0.2) is 16.8 Å². The lowest BCUT2D eigenvalue weighted by atomic mass is 10.2. The molecule has 2 amide bonds. The average molecular weight is 431 g/mol. The molecule has 1 aromatic heterocycles. The molecule has 0 saturated carbocycles. The molecule has 4 N–H and O–H groups in total. The second-order valence-corrected chi connectivity index (χ2v) is 7.43. The monoisotopic (exact) mass is 430 g/mol. The van der Waals surface area contributed by atoms with Gasteiger partial charge < -0.3 is 16.4 Å². The van der Waals surface area contributed by atoms with Gasteiger partial charge in [-0.25, -0.2) is 4.98 Å². The number of aromatic nitrogens is 1. The normalized spacial score (nSPS) is 10.4. The number of carbonyl (C=O) groups excluding carboxylic acids is 2. The fourth-order valence-corrected chi connectivity index (χ4v) is 3.48. The summed E-state index contributed by atoms with van der Waals surface area (Å²) in [5, 5.41) is 6.58. The molecule has 0 fully saturated rings. The predicted octanol–water partition coefficient (Wildman–Crippen LogP) is 4.31. The van der Waals surface area contributed by atoms with Crippen LogP contribution in [0.25, 0.3) is 0 Å². The Labute approximate surface area is 162 Å². The van der Waals surface area contributed by atoms with Crippen LogP contribution < -0.4 is 16.4 Å². The Kier molecular flexibility index (Phi) is 5.34. The molecule has 132 valence electrons. The first-order valence-corrected chi connectivity index (χ1v) is 9.24. The minimum atomic E-state index is -0.706. The number of aryl methyl sites for hydroxylation is 1. The Hall–Kier alpha value is -2.71. The lowest BCUT2D eigenvalue weighted by Gasteiger charge is -2.04. The summed E-state index contributed by atoms with van der Waals surface area (Å²) in [7, 11) is 0. The van der Waals surface area contributed by atoms with Crippen LogP contribution in [0.4, 0.5) is 15.8 Å². The molecule has 2 aromatic carbocycles. The van der Waals surface area contributed by atoms with Crippen molar-refractivity contribution in [1.29, 1.82) is 0 Å². The predicted molar refractivity (Wildman–Crippen MR) is 107 cm³/mol. The number of rotatable bonds is 5. The summed E-state index contributed by atoms with van der Waals surface area (Å²) in [6, 6.07) is 14.7. The van der Waals surface area contributed by atoms with Crippen LogP contribution in [0.15, 0.2) is 53.0 Å². The van der Waals surface area contributed by atoms with E-state index in [0.717, 1.165) is 27.1 Å². The molecule has 0 aliphatic rings. The standard InChI is InChI=1S/C18H15BrN4O2S/c1-10-5-7-13(8-6-10)21-18-22-14(15(20)24)17(26-18)23-16(25)11-3-2-4-12(19)9-11/h2-9H,1H3,(H2,20,24)(H,21,22)(H,23,25). The van der Waals surface area contributed by atoms with Crippen molar-refractivity contribution in [3.8, 4) is 0 Å². The van der Waals surface area contributed by atoms with Crippen molar-refractivity contribution in [2.24, 2.45) is 5.73 Å². The Bertz CT molecular complexity index is 970. The van der Waals surface area contributed by atoms with Crippen LogP contribution >= 0.6 is 27.3 Å². The highest BCUT2D eigenvalue weighted by atomic mass is 79.9. The molecule has 0 radical (unpaired) electrons. The number of thiazole rings is 1. The zero-order chi connectivity index (χ0) is 18.7. The second kappa shape index (κ2) is 7.67. The van der Waals surface area contributed by atoms with Crippen LogP contribution in [0.2, 0.25) is 0 Å². The third-order valence-corrected chi connectivity index (χ3v) is 4.86. The summed E-state index contributed by atoms with van der Waals surface area (Å²) < 4.78 is 0.784. The Morgan fingerprint density at radius 3 is 2.54 bits per heavy atom. The van der Waals surface area contributed by atoms with Gasteiger partial charge in [0, 0.05) is 15.7 Å². The molecular formula is C18H15BrN4O2S. The number of halogens is 1. The van der Waals surface area contributed by atoms with Crippen molar-refractivity contribution in [3.63, 3.8) is 0 Å². The van der Waals surface area contributed by atoms with Crippen LogP contribution in [-0.2, 0) is 0 Å². The molecule has 0 unspecified atom stereocenters. The van der Waals surface area contributed by atoms with Gasteiger partial charge in [0.15, 0.2) is 10.8 Å². The summed E-state index contributed by atoms with van der Waals surface area (Å²) >= 11 is 4.47. The third kappa shape index (κ3) is 4.27. The second-order valence-electron chi connectivity index (χ2n) is 5.52. The van der Waals surface area contributed by atoms with Gasteiger partial charge in [-0.3, -0.25) is 9.59 Å². The Morgan fingerprint density at radius 1 is 1.15 bits per heavy atom. The summed E-state index contributed by atoms with van der Waals surface area (Å²) in [6.45, 7) is 1.99. The average Bonchev–Trinajstić information content (AvgIpc) is 2.99. The molecule has 0 saturated heterocycles. The van der Waals surface area contributed by atoms with Gasteiger partial charge in [0.05, 0.1) is 0 Å². The molecule has 26 heavy (non-hydrogen) atoms. The molecule has 0 bridgehead atoms. The molecule has 6 nitrogen and oxygen atoms in total. The number of anilines is 3. The topological polar surface area (TPSA) is 97.1 Å². The quantitative estimate of drug-likeness (QED) is 0.561. The van der Waals surface area contributed by atoms with Crippen LogP contribution in [0, 0.1) is 6.92 Å². The highest BCUT2D eigenvalue weighted by Gasteiger charge is 2.19. The van der Waals surface area contributed by atoms with E-state index in [-0.39, 0.29) is 11.6 Å². The lowest BCUT2D eigenvalue weighted by Crippen LogP contribution is -2.17. The molecular weight excluding hydrogens is 416 g/mol. The van der Waals surface area contributed by atoms with Gasteiger partial charge in [0.1, 0.15) is 5.00 Å². The maximum atomic E-state index is 12.4. The number of hydrogen-bond acceptors (Lipinski definition) is 5. The van der Waals surface area contributed by atoms with Crippen molar-refractivity contribution in [3.05, 3.63) is 69.8 Å². The van der Waals surface area contributed by atoms with Gasteiger partial charge in [-0.05, 0) is 37.3 Å². The van der Waals surface area contributed by atoms with E-state index >= 15 is 0 Å². The van der Waals surface area contributed by atoms with Crippen LogP contribution in [0.5, 0.6) is 0 Å². The number of nitrogens with zero attached hydrogens (tertiary/aromatic N) is 1. The number of hydrogen-bond donors (Lipinski definition) is 3. The summed E-state index contributed by atoms with van der Waals surface area (Å²) in [4.78, 5) is 28.3. The summed E-state index contributed by atoms with van der Waals surface area (Å²) in [6.07, 6.45) is 0. The van der Waals surface area contributed by atoms with E-state index in [0.29, 0.717) is 15.7 Å². The van der Waals surface area contributed by atoms with Crippen LogP contribution in [0.3, 0.4) is 0 Å². The first kappa shape index (κ1) is 18.1. The van der Waals surface area contributed by atoms with E-state index in [1.165, 1.54) is 0 Å². The minimum Gasteiger partial charge on any atom is -0.364 e. The SMILES string of the molecule is Cc1ccc(Nc2nc(C(N)=O)c(NC(=O)c3cccc(Br)c3)s2)cc1. The van der Waals surface area contributed by atoms with Gasteiger partial charge in [-0.1, -0.05) is 51.0 Å². The van der Waals surface area contributed by atoms with E-state index in [9.17, 15) is 9.59 Å². The van der Waals surface area contributed by atoms with Crippen molar-refractivity contribution >= 4 is 54.9 Å². The van der Waals surface area contributed by atoms with Crippen molar-refractivity contribution < 1.29 is 9.59 Å². The number of benzene rings is 2. The Morgan fingerprint density at radius 2 is 1.88 bits per heavy atom. The zero-order valence-electron chi connectivity index (χ0n) is 13.7. The number of nitrogens with one attached hydrogen (secondary N) is 2. The lowest BCUT2D eigenvalue weighted by molar-refractivity contribution is 0.0997. The van der Waals surface area contributed by atoms with E-state index in [1.54, 1.807) is 18.2 Å². The van der Waals surface area contributed by atoms with Gasteiger partial charge in [0.25, 0.3) is 11.8 Å². The molecule has 3 aromatic rings. The molecule has 0 aliphatic carbocycles. The number of primary amides is 1. The smallest absolute Gasteiger partial charge is 0.270 e. The van der Waals surface area contributed by atoms with Gasteiger partial charge >= 0.3 is 0 Å². The molecule has 8 heteroatoms. The van der Waals surface area contributed by atoms with Gasteiger partial charge in [-0.2, -0.15) is 0 Å². The number of carbonyl (C=O) groups is 2. The van der Waals surface area contributed by atoms with E-state index in [4.69, 9.17) is 5.73 Å². The van der Waals surface area contributed by atoms with Crippen molar-refractivity contribution in [2.45, 2.75) is 6.92 Å². The number of amides is 2.